The fourth-order valence-electron chi connectivity index (χ4n) is 4.62. The average Bonchev–Trinajstić information content (AvgIpc) is 2.66. The average molecular weight is 481 g/mol. The van der Waals surface area contributed by atoms with E-state index in [0.29, 0.717) is 22.6 Å². The summed E-state index contributed by atoms with van der Waals surface area (Å²) in [5.41, 5.74) is 4.88. The molecule has 0 spiro atoms. The van der Waals surface area contributed by atoms with Gasteiger partial charge in [-0.05, 0) is 45.4 Å². The Bertz CT molecular complexity index is 749. The van der Waals surface area contributed by atoms with Crippen molar-refractivity contribution in [1.82, 2.24) is 0 Å². The molecule has 5 heteroatoms. The van der Waals surface area contributed by atoms with Gasteiger partial charge in [0.15, 0.2) is 0 Å². The molecule has 0 atom stereocenters. The molecule has 0 amide bonds. The van der Waals surface area contributed by atoms with E-state index in [1.54, 1.807) is 14.2 Å². The van der Waals surface area contributed by atoms with Crippen LogP contribution in [0.1, 0.15) is 55.4 Å². The minimum atomic E-state index is -0.348. The third-order valence-corrected chi connectivity index (χ3v) is 11.8. The fourth-order valence-corrected chi connectivity index (χ4v) is 10.7. The van der Waals surface area contributed by atoms with Gasteiger partial charge in [-0.25, -0.2) is 0 Å². The Morgan fingerprint density at radius 2 is 0.839 bits per heavy atom. The first-order valence-electron chi connectivity index (χ1n) is 11.1. The molecule has 31 heavy (non-hydrogen) atoms. The summed E-state index contributed by atoms with van der Waals surface area (Å²) in [4.78, 5) is 0. The Hall–Kier alpha value is -0.750. The fraction of sp³-hybridized carbons (Fsp3) is 0.538. The van der Waals surface area contributed by atoms with Crippen molar-refractivity contribution in [2.45, 2.75) is 78.0 Å². The van der Waals surface area contributed by atoms with Gasteiger partial charge >= 0.3 is 0 Å². The summed E-state index contributed by atoms with van der Waals surface area (Å²) in [5, 5.41) is 2.87. The summed E-state index contributed by atoms with van der Waals surface area (Å²) < 4.78 is 11.9. The van der Waals surface area contributed by atoms with E-state index >= 15 is 0 Å². The number of hydrogen-bond acceptors (Lipinski definition) is 2. The molecule has 2 aromatic rings. The molecule has 0 aromatic heterocycles. The van der Waals surface area contributed by atoms with E-state index in [1.165, 1.54) is 21.7 Å². The van der Waals surface area contributed by atoms with Crippen LogP contribution < -0.4 is 20.1 Å². The lowest BCUT2D eigenvalue weighted by atomic mass is 10.0. The van der Waals surface area contributed by atoms with Gasteiger partial charge in [-0.15, -0.1) is 0 Å². The van der Waals surface area contributed by atoms with Crippen molar-refractivity contribution < 1.29 is 9.47 Å². The molecular weight excluding hydrogens is 438 g/mol. The van der Waals surface area contributed by atoms with Gasteiger partial charge in [0, 0.05) is 11.1 Å². The zero-order chi connectivity index (χ0) is 22.6. The van der Waals surface area contributed by atoms with Crippen molar-refractivity contribution in [2.75, 3.05) is 14.2 Å². The van der Waals surface area contributed by atoms with Crippen LogP contribution in [0.2, 0.25) is 0 Å². The van der Waals surface area contributed by atoms with Gasteiger partial charge in [0.25, 0.3) is 0 Å². The van der Waals surface area contributed by atoms with E-state index < -0.39 is 0 Å². The summed E-state index contributed by atoms with van der Waals surface area (Å²) in [5.74, 6) is 1.91. The Morgan fingerprint density at radius 1 is 0.548 bits per heavy atom. The zero-order valence-electron chi connectivity index (χ0n) is 21.0. The Kier molecular flexibility index (Phi) is 11.4. The highest BCUT2D eigenvalue weighted by Gasteiger charge is 2.30. The molecule has 0 fully saturated rings. The van der Waals surface area contributed by atoms with Crippen LogP contribution in [-0.2, 0) is 0 Å². The largest absolute Gasteiger partial charge is 0.496 e. The number of rotatable bonds is 9. The van der Waals surface area contributed by atoms with Gasteiger partial charge in [0.05, 0.1) is 14.2 Å². The summed E-state index contributed by atoms with van der Waals surface area (Å²) in [6.07, 6.45) is 0. The van der Waals surface area contributed by atoms with E-state index in [1.807, 2.05) is 0 Å². The second-order valence-electron chi connectivity index (χ2n) is 8.90. The van der Waals surface area contributed by atoms with Crippen LogP contribution in [0.3, 0.4) is 0 Å². The molecule has 0 radical (unpaired) electrons. The second-order valence-corrected chi connectivity index (χ2v) is 15.6. The molecule has 174 valence electrons. The zero-order valence-corrected chi connectivity index (χ0v) is 23.8. The topological polar surface area (TPSA) is 18.5 Å². The van der Waals surface area contributed by atoms with E-state index in [-0.39, 0.29) is 29.3 Å². The smallest absolute Gasteiger partial charge is 0.127 e. The van der Waals surface area contributed by atoms with Gasteiger partial charge in [0.1, 0.15) is 11.5 Å². The van der Waals surface area contributed by atoms with E-state index in [4.69, 9.17) is 9.47 Å². The standard InChI is InChI=1S/C26H40O2P2.H2S/c1-17(2)29(18(3)4)23-15-11-13-21(27-9)25(23)26-22(28-10)14-12-16-24(26)30(19(5)6)20(7)8;/h11-20H,1-10H3;1H2. The quantitative estimate of drug-likeness (QED) is 0.350. The highest BCUT2D eigenvalue weighted by atomic mass is 32.1. The molecule has 2 aromatic carbocycles. The number of methoxy groups -OCH3 is 2. The Morgan fingerprint density at radius 3 is 1.06 bits per heavy atom. The van der Waals surface area contributed by atoms with E-state index in [2.05, 4.69) is 91.8 Å². The summed E-state index contributed by atoms with van der Waals surface area (Å²) in [6, 6.07) is 13.2. The highest BCUT2D eigenvalue weighted by molar-refractivity contribution is 7.68. The maximum atomic E-state index is 5.97. The first-order valence-corrected chi connectivity index (χ1v) is 14.0. The summed E-state index contributed by atoms with van der Waals surface area (Å²) in [6.45, 7) is 18.8. The van der Waals surface area contributed by atoms with Crippen LogP contribution in [0.5, 0.6) is 11.5 Å². The minimum Gasteiger partial charge on any atom is -0.496 e. The molecule has 0 heterocycles. The third-order valence-electron chi connectivity index (χ3n) is 5.48. The van der Waals surface area contributed by atoms with Gasteiger partial charge in [0.2, 0.25) is 0 Å². The normalized spacial score (nSPS) is 11.7. The molecule has 0 saturated carbocycles. The molecule has 0 unspecified atom stereocenters. The minimum absolute atomic E-state index is 0. The molecule has 2 nitrogen and oxygen atoms in total. The van der Waals surface area contributed by atoms with Gasteiger partial charge in [-0.1, -0.05) is 95.5 Å². The van der Waals surface area contributed by atoms with Crippen molar-refractivity contribution in [3.8, 4) is 22.6 Å². The number of hydrogen-bond donors (Lipinski definition) is 0. The predicted molar refractivity (Wildman–Crippen MR) is 149 cm³/mol. The lowest BCUT2D eigenvalue weighted by Crippen LogP contribution is -2.22. The van der Waals surface area contributed by atoms with E-state index in [9.17, 15) is 0 Å². The molecule has 0 saturated heterocycles. The molecule has 0 aliphatic rings. The Balaban J connectivity index is 0.00000480. The third kappa shape index (κ3) is 6.19. The number of benzene rings is 2. The molecule has 0 aliphatic carbocycles. The van der Waals surface area contributed by atoms with Crippen LogP contribution in [0.25, 0.3) is 11.1 Å². The highest BCUT2D eigenvalue weighted by Crippen LogP contribution is 2.53. The SMILES string of the molecule is COc1cccc(P(C(C)C)C(C)C)c1-c1c(OC)cccc1P(C(C)C)C(C)C.S. The van der Waals surface area contributed by atoms with Crippen LogP contribution >= 0.6 is 29.3 Å². The van der Waals surface area contributed by atoms with Gasteiger partial charge < -0.3 is 9.47 Å². The number of ether oxygens (including phenoxy) is 2. The first kappa shape index (κ1) is 28.3. The van der Waals surface area contributed by atoms with Gasteiger partial charge in [-0.2, -0.15) is 13.5 Å². The molecule has 0 aliphatic heterocycles. The lowest BCUT2D eigenvalue weighted by molar-refractivity contribution is 0.411. The maximum absolute atomic E-state index is 5.97. The predicted octanol–water partition coefficient (Wildman–Crippen LogP) is 7.33. The van der Waals surface area contributed by atoms with Crippen LogP contribution in [-0.4, -0.2) is 36.9 Å². The molecule has 0 bridgehead atoms. The maximum Gasteiger partial charge on any atom is 0.127 e. The van der Waals surface area contributed by atoms with Gasteiger partial charge in [-0.3, -0.25) is 0 Å². The molecule has 0 N–H and O–H groups in total. The summed E-state index contributed by atoms with van der Waals surface area (Å²) >= 11 is 0. The van der Waals surface area contributed by atoms with Crippen molar-refractivity contribution in [2.24, 2.45) is 0 Å². The van der Waals surface area contributed by atoms with Crippen molar-refractivity contribution in [1.29, 1.82) is 0 Å². The first-order chi connectivity index (χ1) is 14.1. The van der Waals surface area contributed by atoms with Crippen LogP contribution in [0.4, 0.5) is 0 Å². The summed E-state index contributed by atoms with van der Waals surface area (Å²) in [7, 11) is 2.88. The van der Waals surface area contributed by atoms with Crippen LogP contribution in [0, 0.1) is 0 Å². The molecular formula is C26H42O2P2S. The van der Waals surface area contributed by atoms with Crippen molar-refractivity contribution in [3.63, 3.8) is 0 Å². The van der Waals surface area contributed by atoms with Crippen LogP contribution in [0.15, 0.2) is 36.4 Å². The lowest BCUT2D eigenvalue weighted by Gasteiger charge is -2.33. The Labute approximate surface area is 200 Å². The molecule has 2 rings (SSSR count). The van der Waals surface area contributed by atoms with Crippen molar-refractivity contribution in [3.05, 3.63) is 36.4 Å². The monoisotopic (exact) mass is 480 g/mol. The van der Waals surface area contributed by atoms with Crippen molar-refractivity contribution >= 4 is 39.9 Å². The second kappa shape index (κ2) is 12.5. The van der Waals surface area contributed by atoms with E-state index in [0.717, 1.165) is 11.5 Å².